The minimum Gasteiger partial charge on any atom is -0.378 e. The highest BCUT2D eigenvalue weighted by Crippen LogP contribution is 2.40. The molecule has 5 aromatic rings. The summed E-state index contributed by atoms with van der Waals surface area (Å²) in [6.07, 6.45) is -4.52. The van der Waals surface area contributed by atoms with Gasteiger partial charge in [-0.05, 0) is 72.6 Å². The lowest BCUT2D eigenvalue weighted by molar-refractivity contribution is -0.137. The zero-order valence-electron chi connectivity index (χ0n) is 25.3. The van der Waals surface area contributed by atoms with Crippen LogP contribution in [0.3, 0.4) is 0 Å². The molecule has 0 radical (unpaired) electrons. The Kier molecular flexibility index (Phi) is 8.23. The summed E-state index contributed by atoms with van der Waals surface area (Å²) in [4.78, 5) is 20.8. The van der Waals surface area contributed by atoms with Crippen molar-refractivity contribution in [2.24, 2.45) is 5.73 Å². The molecular formula is C35H34F3N5O. The molecule has 0 spiro atoms. The van der Waals surface area contributed by atoms with Crippen LogP contribution in [0.15, 0.2) is 91.0 Å². The van der Waals surface area contributed by atoms with E-state index in [2.05, 4.69) is 0 Å². The van der Waals surface area contributed by atoms with Crippen LogP contribution in [-0.4, -0.2) is 43.6 Å². The lowest BCUT2D eigenvalue weighted by atomic mass is 10.0. The van der Waals surface area contributed by atoms with E-state index in [1.165, 1.54) is 0 Å². The van der Waals surface area contributed by atoms with Crippen LogP contribution in [0.2, 0.25) is 0 Å². The minimum atomic E-state index is -4.52. The van der Waals surface area contributed by atoms with Crippen LogP contribution in [0.25, 0.3) is 33.9 Å². The standard InChI is InChI=1S/C35H34F3N5O/c1-22-18-27(20-28(19-22)35(36,37)38)34-40-31(24-10-14-29(15-11-24)41(2)3)32(25-12-16-30(17-13-25)42(4)5)43(34)21-23-6-8-26(9-7-23)33(39)44/h6-20H,21H2,1-5H3,(H2,39,44). The largest absolute Gasteiger partial charge is 0.416 e. The maximum absolute atomic E-state index is 14.0. The number of carbonyl (C=O) groups is 1. The summed E-state index contributed by atoms with van der Waals surface area (Å²) in [7, 11) is 7.83. The summed E-state index contributed by atoms with van der Waals surface area (Å²) in [6, 6.07) is 26.8. The smallest absolute Gasteiger partial charge is 0.378 e. The maximum atomic E-state index is 14.0. The number of rotatable bonds is 8. The summed E-state index contributed by atoms with van der Waals surface area (Å²) in [5, 5.41) is 0. The van der Waals surface area contributed by atoms with Crippen LogP contribution in [-0.2, 0) is 12.7 Å². The molecule has 5 rings (SSSR count). The third-order valence-electron chi connectivity index (χ3n) is 7.52. The molecule has 44 heavy (non-hydrogen) atoms. The van der Waals surface area contributed by atoms with Crippen LogP contribution in [0.4, 0.5) is 24.5 Å². The molecule has 1 heterocycles. The van der Waals surface area contributed by atoms with Crippen molar-refractivity contribution in [3.63, 3.8) is 0 Å². The summed E-state index contributed by atoms with van der Waals surface area (Å²) in [5.41, 5.74) is 11.9. The average molecular weight is 598 g/mol. The number of primary amides is 1. The van der Waals surface area contributed by atoms with Crippen molar-refractivity contribution in [3.05, 3.63) is 113 Å². The highest BCUT2D eigenvalue weighted by atomic mass is 19.4. The zero-order chi connectivity index (χ0) is 31.8. The molecule has 0 saturated carbocycles. The Morgan fingerprint density at radius 1 is 0.773 bits per heavy atom. The predicted molar refractivity (Wildman–Crippen MR) is 171 cm³/mol. The number of halogens is 3. The molecule has 0 atom stereocenters. The number of carbonyl (C=O) groups excluding carboxylic acids is 1. The summed E-state index contributed by atoms with van der Waals surface area (Å²) in [6.45, 7) is 1.94. The third kappa shape index (κ3) is 6.32. The van der Waals surface area contributed by atoms with Gasteiger partial charge in [-0.2, -0.15) is 13.2 Å². The molecule has 0 unspecified atom stereocenters. The molecule has 0 fully saturated rings. The van der Waals surface area contributed by atoms with Gasteiger partial charge < -0.3 is 20.1 Å². The Balaban J connectivity index is 1.80. The molecule has 4 aromatic carbocycles. The first-order valence-electron chi connectivity index (χ1n) is 14.1. The number of nitrogens with two attached hydrogens (primary N) is 1. The SMILES string of the molecule is Cc1cc(-c2nc(-c3ccc(N(C)C)cc3)c(-c3ccc(N(C)C)cc3)n2Cc2ccc(C(N)=O)cc2)cc(C(F)(F)F)c1. The van der Waals surface area contributed by atoms with Gasteiger partial charge in [-0.15, -0.1) is 0 Å². The van der Waals surface area contributed by atoms with Crippen molar-refractivity contribution >= 4 is 17.3 Å². The average Bonchev–Trinajstić information content (AvgIpc) is 3.35. The maximum Gasteiger partial charge on any atom is 0.416 e. The molecule has 0 aliphatic rings. The van der Waals surface area contributed by atoms with Crippen LogP contribution in [0.5, 0.6) is 0 Å². The van der Waals surface area contributed by atoms with E-state index in [1.54, 1.807) is 37.3 Å². The molecule has 0 bridgehead atoms. The first-order chi connectivity index (χ1) is 20.8. The second kappa shape index (κ2) is 11.9. The molecule has 0 aliphatic heterocycles. The van der Waals surface area contributed by atoms with Crippen LogP contribution < -0.4 is 15.5 Å². The summed E-state index contributed by atoms with van der Waals surface area (Å²) in [5.74, 6) is -0.138. The molecule has 1 amide bonds. The fourth-order valence-corrected chi connectivity index (χ4v) is 5.19. The molecule has 226 valence electrons. The fourth-order valence-electron chi connectivity index (χ4n) is 5.19. The van der Waals surface area contributed by atoms with Gasteiger partial charge in [0.05, 0.1) is 17.0 Å². The number of hydrogen-bond donors (Lipinski definition) is 1. The Hall–Kier alpha value is -5.05. The first kappa shape index (κ1) is 30.4. The highest BCUT2D eigenvalue weighted by molar-refractivity contribution is 5.92. The monoisotopic (exact) mass is 597 g/mol. The Labute approximate surface area is 255 Å². The van der Waals surface area contributed by atoms with E-state index < -0.39 is 17.6 Å². The minimum absolute atomic E-state index is 0.289. The van der Waals surface area contributed by atoms with E-state index in [0.717, 1.165) is 45.9 Å². The zero-order valence-corrected chi connectivity index (χ0v) is 25.3. The van der Waals surface area contributed by atoms with Crippen molar-refractivity contribution in [2.45, 2.75) is 19.6 Å². The topological polar surface area (TPSA) is 67.4 Å². The summed E-state index contributed by atoms with van der Waals surface area (Å²) >= 11 is 0. The Bertz CT molecular complexity index is 1790. The van der Waals surface area contributed by atoms with Gasteiger partial charge in [-0.1, -0.05) is 36.4 Å². The predicted octanol–water partition coefficient (Wildman–Crippen LogP) is 7.49. The quantitative estimate of drug-likeness (QED) is 0.201. The van der Waals surface area contributed by atoms with Crippen LogP contribution in [0, 0.1) is 6.92 Å². The normalized spacial score (nSPS) is 11.5. The van der Waals surface area contributed by atoms with Crippen molar-refractivity contribution in [2.75, 3.05) is 38.0 Å². The van der Waals surface area contributed by atoms with E-state index in [0.29, 0.717) is 28.2 Å². The van der Waals surface area contributed by atoms with E-state index in [1.807, 2.05) is 91.1 Å². The molecule has 6 nitrogen and oxygen atoms in total. The van der Waals surface area contributed by atoms with E-state index in [9.17, 15) is 18.0 Å². The number of hydrogen-bond acceptors (Lipinski definition) is 4. The number of alkyl halides is 3. The van der Waals surface area contributed by atoms with Gasteiger partial charge >= 0.3 is 6.18 Å². The molecule has 0 saturated heterocycles. The number of amides is 1. The van der Waals surface area contributed by atoms with Crippen molar-refractivity contribution < 1.29 is 18.0 Å². The molecule has 2 N–H and O–H groups in total. The van der Waals surface area contributed by atoms with Crippen LogP contribution in [0.1, 0.15) is 27.0 Å². The van der Waals surface area contributed by atoms with Crippen molar-refractivity contribution in [3.8, 4) is 33.9 Å². The van der Waals surface area contributed by atoms with Gasteiger partial charge in [-0.3, -0.25) is 4.79 Å². The lowest BCUT2D eigenvalue weighted by Crippen LogP contribution is -2.11. The van der Waals surface area contributed by atoms with E-state index in [4.69, 9.17) is 10.7 Å². The van der Waals surface area contributed by atoms with E-state index >= 15 is 0 Å². The number of aryl methyl sites for hydroxylation is 1. The number of benzene rings is 4. The Morgan fingerprint density at radius 3 is 1.82 bits per heavy atom. The number of aromatic nitrogens is 2. The van der Waals surface area contributed by atoms with Crippen molar-refractivity contribution in [1.29, 1.82) is 0 Å². The molecule has 1 aromatic heterocycles. The second-order valence-electron chi connectivity index (χ2n) is 11.2. The second-order valence-corrected chi connectivity index (χ2v) is 11.2. The van der Waals surface area contributed by atoms with Crippen LogP contribution >= 0.6 is 0 Å². The van der Waals surface area contributed by atoms with Gasteiger partial charge in [-0.25, -0.2) is 4.98 Å². The van der Waals surface area contributed by atoms with E-state index in [-0.39, 0.29) is 6.54 Å². The molecule has 9 heteroatoms. The highest BCUT2D eigenvalue weighted by Gasteiger charge is 2.32. The molecule has 0 aliphatic carbocycles. The third-order valence-corrected chi connectivity index (χ3v) is 7.52. The number of anilines is 2. The Morgan fingerprint density at radius 2 is 1.32 bits per heavy atom. The molecular weight excluding hydrogens is 563 g/mol. The van der Waals surface area contributed by atoms with Gasteiger partial charge in [0.25, 0.3) is 0 Å². The lowest BCUT2D eigenvalue weighted by Gasteiger charge is -2.17. The van der Waals surface area contributed by atoms with Gasteiger partial charge in [0.2, 0.25) is 5.91 Å². The number of imidazole rings is 1. The van der Waals surface area contributed by atoms with Crippen molar-refractivity contribution in [1.82, 2.24) is 9.55 Å². The van der Waals surface area contributed by atoms with Gasteiger partial charge in [0.1, 0.15) is 5.82 Å². The van der Waals surface area contributed by atoms with Gasteiger partial charge in [0.15, 0.2) is 0 Å². The summed E-state index contributed by atoms with van der Waals surface area (Å²) < 4.78 is 43.8. The van der Waals surface area contributed by atoms with Gasteiger partial charge in [0, 0.05) is 68.4 Å². The fraction of sp³-hybridized carbons (Fsp3) is 0.200. The first-order valence-corrected chi connectivity index (χ1v) is 14.1. The number of nitrogens with zero attached hydrogens (tertiary/aromatic N) is 4.